The second-order valence-corrected chi connectivity index (χ2v) is 9.77. The first-order valence-corrected chi connectivity index (χ1v) is 10.7. The third-order valence-corrected chi connectivity index (χ3v) is 0.958. The van der Waals surface area contributed by atoms with Crippen molar-refractivity contribution >= 4 is 41.8 Å². The van der Waals surface area contributed by atoms with Gasteiger partial charge < -0.3 is 0 Å². The minimum absolute atomic E-state index is 0.0417. The molecule has 1 rings (SSSR count). The molecule has 57 valence electrons. The second kappa shape index (κ2) is 7.52. The van der Waals surface area contributed by atoms with Gasteiger partial charge in [-0.1, -0.05) is 18.2 Å². The number of hydrogen-bond donors (Lipinski definition) is 0. The fraction of sp³-hybridized carbons (Fsp3) is 0. The summed E-state index contributed by atoms with van der Waals surface area (Å²) < 4.78 is 12.3. The SMILES string of the molecule is [Br][Mg][Br].[CH2]c1ccccc1F. The Bertz CT molecular complexity index is 184. The smallest absolute Gasteiger partial charge is 0.280 e. The van der Waals surface area contributed by atoms with E-state index in [-0.39, 0.29) is 21.8 Å². The average Bonchev–Trinajstić information content (AvgIpc) is 1.97. The highest BCUT2D eigenvalue weighted by molar-refractivity contribution is 9.47. The lowest BCUT2D eigenvalue weighted by atomic mass is 10.2. The highest BCUT2D eigenvalue weighted by Gasteiger charge is 1.88. The van der Waals surface area contributed by atoms with Crippen molar-refractivity contribution in [3.05, 3.63) is 42.6 Å². The predicted octanol–water partition coefficient (Wildman–Crippen LogP) is 3.32. The van der Waals surface area contributed by atoms with Gasteiger partial charge in [0.25, 0.3) is 0 Å². The van der Waals surface area contributed by atoms with Crippen molar-refractivity contribution in [2.45, 2.75) is 0 Å². The quantitative estimate of drug-likeness (QED) is 0.644. The predicted molar refractivity (Wildman–Crippen MR) is 54.5 cm³/mol. The largest absolute Gasteiger partial charge is 0.560 e. The zero-order valence-corrected chi connectivity index (χ0v) is 10.4. The molecular weight excluding hydrogens is 287 g/mol. The molecular formula is C7H6Br2FMg. The Morgan fingerprint density at radius 2 is 1.73 bits per heavy atom. The minimum Gasteiger partial charge on any atom is -0.280 e. The molecule has 0 aliphatic carbocycles. The van der Waals surface area contributed by atoms with E-state index in [4.69, 9.17) is 0 Å². The standard InChI is InChI=1S/C7H6F.2BrH.Mg/c1-6-4-2-3-5-7(6)8;;;/h2-5H,1H2;2*1H;/q;;;+2/p-2. The van der Waals surface area contributed by atoms with Crippen LogP contribution in [0, 0.1) is 12.7 Å². The summed E-state index contributed by atoms with van der Waals surface area (Å²) >= 11 is 6.44. The van der Waals surface area contributed by atoms with E-state index in [0.29, 0.717) is 5.56 Å². The lowest BCUT2D eigenvalue weighted by Crippen LogP contribution is -1.76. The summed E-state index contributed by atoms with van der Waals surface area (Å²) in [6, 6.07) is 6.42. The van der Waals surface area contributed by atoms with Gasteiger partial charge in [-0.15, -0.1) is 0 Å². The van der Waals surface area contributed by atoms with Gasteiger partial charge >= 0.3 is 16.0 Å². The molecule has 0 fully saturated rings. The van der Waals surface area contributed by atoms with Crippen LogP contribution in [0.5, 0.6) is 0 Å². The Balaban J connectivity index is 0.000000292. The van der Waals surface area contributed by atoms with E-state index in [1.807, 2.05) is 0 Å². The summed E-state index contributed by atoms with van der Waals surface area (Å²) in [5.41, 5.74) is 0.451. The number of benzene rings is 1. The van der Waals surface area contributed by atoms with E-state index >= 15 is 0 Å². The van der Waals surface area contributed by atoms with E-state index in [2.05, 4.69) is 32.7 Å². The summed E-state index contributed by atoms with van der Waals surface area (Å²) in [4.78, 5) is 0. The molecule has 11 heavy (non-hydrogen) atoms. The molecule has 0 N–H and O–H groups in total. The van der Waals surface area contributed by atoms with Gasteiger partial charge in [-0.3, -0.25) is 25.8 Å². The van der Waals surface area contributed by atoms with Gasteiger partial charge in [0.05, 0.1) is 0 Å². The average molecular weight is 293 g/mol. The van der Waals surface area contributed by atoms with Crippen LogP contribution >= 0.6 is 25.8 Å². The van der Waals surface area contributed by atoms with Crippen molar-refractivity contribution in [1.82, 2.24) is 0 Å². The molecule has 0 aromatic heterocycles. The molecule has 0 aliphatic heterocycles. The van der Waals surface area contributed by atoms with Crippen molar-refractivity contribution < 1.29 is 4.39 Å². The van der Waals surface area contributed by atoms with E-state index in [1.165, 1.54) is 6.07 Å². The molecule has 0 aliphatic rings. The molecule has 0 spiro atoms. The van der Waals surface area contributed by atoms with Crippen LogP contribution in [0.25, 0.3) is 0 Å². The highest BCUT2D eigenvalue weighted by atomic mass is 79.9. The van der Waals surface area contributed by atoms with E-state index in [0.717, 1.165) is 0 Å². The third-order valence-electron chi connectivity index (χ3n) is 0.958. The molecule has 0 heterocycles. The summed E-state index contributed by atoms with van der Waals surface area (Å²) in [5.74, 6) is -0.243. The Labute approximate surface area is 88.0 Å². The van der Waals surface area contributed by atoms with Gasteiger partial charge in [-0.05, 0) is 18.6 Å². The maximum absolute atomic E-state index is 12.3. The molecule has 0 saturated carbocycles. The summed E-state index contributed by atoms with van der Waals surface area (Å²) in [5, 5.41) is 0. The minimum atomic E-state index is -0.243. The zero-order chi connectivity index (χ0) is 8.69. The Kier molecular flexibility index (Phi) is 8.12. The van der Waals surface area contributed by atoms with Crippen molar-refractivity contribution in [3.63, 3.8) is 0 Å². The maximum atomic E-state index is 12.3. The molecule has 0 saturated heterocycles. The van der Waals surface area contributed by atoms with Crippen LogP contribution in [0.4, 0.5) is 4.39 Å². The summed E-state index contributed by atoms with van der Waals surface area (Å²) in [7, 11) is 0. The Morgan fingerprint density at radius 1 is 1.27 bits per heavy atom. The molecule has 1 aromatic carbocycles. The van der Waals surface area contributed by atoms with Crippen molar-refractivity contribution in [1.29, 1.82) is 0 Å². The molecule has 1 radical (unpaired) electrons. The van der Waals surface area contributed by atoms with E-state index in [9.17, 15) is 4.39 Å². The first-order valence-electron chi connectivity index (χ1n) is 2.90. The second-order valence-electron chi connectivity index (χ2n) is 1.69. The lowest BCUT2D eigenvalue weighted by Gasteiger charge is -1.89. The first kappa shape index (κ1) is 11.9. The van der Waals surface area contributed by atoms with Gasteiger partial charge in [0.1, 0.15) is 5.82 Å². The van der Waals surface area contributed by atoms with Gasteiger partial charge in [0.15, 0.2) is 0 Å². The Morgan fingerprint density at radius 3 is 2.00 bits per heavy atom. The van der Waals surface area contributed by atoms with Crippen molar-refractivity contribution in [2.75, 3.05) is 0 Å². The van der Waals surface area contributed by atoms with E-state index in [1.54, 1.807) is 18.2 Å². The topological polar surface area (TPSA) is 0 Å². The number of halogens is 3. The maximum Gasteiger partial charge on any atom is 0.560 e. The third kappa shape index (κ3) is 6.08. The van der Waals surface area contributed by atoms with Crippen molar-refractivity contribution in [3.8, 4) is 0 Å². The zero-order valence-electron chi connectivity index (χ0n) is 5.86. The van der Waals surface area contributed by atoms with Gasteiger partial charge in [0, 0.05) is 0 Å². The number of hydrogen-bond acceptors (Lipinski definition) is 0. The molecule has 0 bridgehead atoms. The fourth-order valence-electron chi connectivity index (χ4n) is 0.498. The van der Waals surface area contributed by atoms with Crippen LogP contribution < -0.4 is 0 Å². The Hall–Kier alpha value is 0.876. The highest BCUT2D eigenvalue weighted by Crippen LogP contribution is 2.01. The van der Waals surface area contributed by atoms with Gasteiger partial charge in [-0.25, -0.2) is 4.39 Å². The molecule has 0 atom stereocenters. The molecule has 0 unspecified atom stereocenters. The molecule has 4 heteroatoms. The normalized spacial score (nSPS) is 7.64. The first-order chi connectivity index (χ1) is 5.22. The van der Waals surface area contributed by atoms with Crippen LogP contribution in [-0.2, 0) is 0 Å². The molecule has 0 amide bonds. The summed E-state index contributed by atoms with van der Waals surface area (Å²) in [6.45, 7) is 3.45. The van der Waals surface area contributed by atoms with Crippen LogP contribution in [0.15, 0.2) is 24.3 Å². The molecule has 0 nitrogen and oxygen atoms in total. The van der Waals surface area contributed by atoms with Crippen LogP contribution in [0.3, 0.4) is 0 Å². The van der Waals surface area contributed by atoms with Gasteiger partial charge in [0.2, 0.25) is 0 Å². The monoisotopic (exact) mass is 291 g/mol. The van der Waals surface area contributed by atoms with E-state index < -0.39 is 0 Å². The summed E-state index contributed by atoms with van der Waals surface area (Å²) in [6.07, 6.45) is 0. The fourth-order valence-corrected chi connectivity index (χ4v) is 0.498. The van der Waals surface area contributed by atoms with Gasteiger partial charge in [-0.2, -0.15) is 0 Å². The van der Waals surface area contributed by atoms with Crippen LogP contribution in [0.2, 0.25) is 0 Å². The lowest BCUT2D eigenvalue weighted by molar-refractivity contribution is 0.623. The van der Waals surface area contributed by atoms with Crippen LogP contribution in [0.1, 0.15) is 5.56 Å². The van der Waals surface area contributed by atoms with Crippen molar-refractivity contribution in [2.24, 2.45) is 0 Å². The molecule has 1 aromatic rings. The van der Waals surface area contributed by atoms with Crippen LogP contribution in [-0.4, -0.2) is 16.0 Å². The number of rotatable bonds is 0.